The number of benzene rings is 1. The monoisotopic (exact) mass is 673 g/mol. The molecule has 0 bridgehead atoms. The molecule has 0 spiro atoms. The summed E-state index contributed by atoms with van der Waals surface area (Å²) >= 11 is 0. The van der Waals surface area contributed by atoms with E-state index >= 15 is 0 Å². The summed E-state index contributed by atoms with van der Waals surface area (Å²) < 4.78 is 12.4. The van der Waals surface area contributed by atoms with Gasteiger partial charge in [-0.25, -0.2) is 0 Å². The Bertz CT molecular complexity index is 842. The Balaban J connectivity index is 3.04. The number of nitrogens with zero attached hydrogens (tertiary/aromatic N) is 2. The SMILES string of the molecule is CCCCC(CC)CN(CC(CC)CCCC)C(=O)COc1ccccc1OCC(=O)N(CC(CC)CCCC)CC(CC)CCCC. The van der Waals surface area contributed by atoms with Crippen molar-refractivity contribution in [3.05, 3.63) is 24.3 Å². The third-order valence-electron chi connectivity index (χ3n) is 10.3. The summed E-state index contributed by atoms with van der Waals surface area (Å²) in [6.07, 6.45) is 18.4. The molecule has 0 fully saturated rings. The molecule has 48 heavy (non-hydrogen) atoms. The average Bonchev–Trinajstić information content (AvgIpc) is 3.11. The van der Waals surface area contributed by atoms with E-state index in [1.54, 1.807) is 0 Å². The minimum absolute atomic E-state index is 0.0277. The van der Waals surface area contributed by atoms with Crippen LogP contribution in [-0.4, -0.2) is 61.0 Å². The van der Waals surface area contributed by atoms with E-state index in [0.29, 0.717) is 35.2 Å². The maximum atomic E-state index is 13.7. The molecule has 6 heteroatoms. The van der Waals surface area contributed by atoms with Crippen LogP contribution in [0.1, 0.15) is 158 Å². The molecule has 1 aromatic carbocycles. The zero-order chi connectivity index (χ0) is 35.6. The van der Waals surface area contributed by atoms with Crippen LogP contribution in [0.15, 0.2) is 24.3 Å². The standard InChI is InChI=1S/C42H76N2O4/c1-9-17-23-35(13-5)29-43(30-36(14-6)24-18-10-2)41(45)33-47-39-27-21-22-28-40(39)48-34-42(46)44(31-37(15-7)25-19-11-3)32-38(16-8)26-20-12-4/h21-22,27-28,35-38H,9-20,23-26,29-34H2,1-8H3. The minimum Gasteiger partial charge on any atom is -0.480 e. The number of hydrogen-bond donors (Lipinski definition) is 0. The smallest absolute Gasteiger partial charge is 0.260 e. The molecule has 0 saturated heterocycles. The Morgan fingerprint density at radius 2 is 0.771 bits per heavy atom. The van der Waals surface area contributed by atoms with E-state index in [2.05, 4.69) is 65.2 Å². The average molecular weight is 673 g/mol. The second kappa shape index (κ2) is 27.6. The summed E-state index contributed by atoms with van der Waals surface area (Å²) in [5, 5.41) is 0. The number of carbonyl (C=O) groups is 2. The van der Waals surface area contributed by atoms with Crippen molar-refractivity contribution >= 4 is 11.8 Å². The Labute approximate surface area is 297 Å². The molecule has 0 saturated carbocycles. The van der Waals surface area contributed by atoms with Gasteiger partial charge in [0.1, 0.15) is 0 Å². The molecule has 0 aliphatic heterocycles. The highest BCUT2D eigenvalue weighted by Crippen LogP contribution is 2.28. The third kappa shape index (κ3) is 18.0. The number of hydrogen-bond acceptors (Lipinski definition) is 4. The highest BCUT2D eigenvalue weighted by atomic mass is 16.5. The van der Waals surface area contributed by atoms with Crippen LogP contribution in [-0.2, 0) is 9.59 Å². The summed E-state index contributed by atoms with van der Waals surface area (Å²) in [4.78, 5) is 31.6. The fourth-order valence-corrected chi connectivity index (χ4v) is 6.62. The van der Waals surface area contributed by atoms with Crippen LogP contribution in [0.3, 0.4) is 0 Å². The van der Waals surface area contributed by atoms with Gasteiger partial charge in [-0.15, -0.1) is 0 Å². The predicted molar refractivity (Wildman–Crippen MR) is 204 cm³/mol. The summed E-state index contributed by atoms with van der Waals surface area (Å²) in [5.74, 6) is 3.13. The van der Waals surface area contributed by atoms with Crippen molar-refractivity contribution in [2.45, 2.75) is 158 Å². The Morgan fingerprint density at radius 1 is 0.500 bits per heavy atom. The van der Waals surface area contributed by atoms with E-state index in [0.717, 1.165) is 77.5 Å². The number of ether oxygens (including phenoxy) is 2. The molecule has 0 aliphatic carbocycles. The molecule has 0 heterocycles. The topological polar surface area (TPSA) is 59.1 Å². The first-order valence-electron chi connectivity index (χ1n) is 20.2. The second-order valence-electron chi connectivity index (χ2n) is 14.3. The van der Waals surface area contributed by atoms with Crippen molar-refractivity contribution < 1.29 is 19.1 Å². The highest BCUT2D eigenvalue weighted by Gasteiger charge is 2.24. The lowest BCUT2D eigenvalue weighted by Gasteiger charge is -2.31. The van der Waals surface area contributed by atoms with Gasteiger partial charge in [0.2, 0.25) is 0 Å². The van der Waals surface area contributed by atoms with Gasteiger partial charge in [-0.1, -0.05) is 145 Å². The minimum atomic E-state index is -0.0277. The highest BCUT2D eigenvalue weighted by molar-refractivity contribution is 5.78. The van der Waals surface area contributed by atoms with E-state index in [1.165, 1.54) is 51.4 Å². The Morgan fingerprint density at radius 3 is 1.00 bits per heavy atom. The van der Waals surface area contributed by atoms with E-state index in [9.17, 15) is 9.59 Å². The van der Waals surface area contributed by atoms with Gasteiger partial charge in [-0.3, -0.25) is 9.59 Å². The number of carbonyl (C=O) groups excluding carboxylic acids is 2. The lowest BCUT2D eigenvalue weighted by Crippen LogP contribution is -2.41. The van der Waals surface area contributed by atoms with Gasteiger partial charge < -0.3 is 19.3 Å². The molecule has 0 N–H and O–H groups in total. The molecule has 1 rings (SSSR count). The first kappa shape index (κ1) is 43.8. The van der Waals surface area contributed by atoms with Crippen molar-refractivity contribution in [3.8, 4) is 11.5 Å². The predicted octanol–water partition coefficient (Wildman–Crippen LogP) is 11.0. The summed E-state index contributed by atoms with van der Waals surface area (Å²) in [5.41, 5.74) is 0. The fraction of sp³-hybridized carbons (Fsp3) is 0.810. The van der Waals surface area contributed by atoms with E-state index in [4.69, 9.17) is 9.47 Å². The molecule has 0 aliphatic rings. The van der Waals surface area contributed by atoms with Crippen LogP contribution >= 0.6 is 0 Å². The van der Waals surface area contributed by atoms with Crippen LogP contribution in [0, 0.1) is 23.7 Å². The molecule has 2 amide bonds. The zero-order valence-electron chi connectivity index (χ0n) is 32.7. The van der Waals surface area contributed by atoms with Crippen molar-refractivity contribution in [2.75, 3.05) is 39.4 Å². The fourth-order valence-electron chi connectivity index (χ4n) is 6.62. The van der Waals surface area contributed by atoms with Crippen LogP contribution < -0.4 is 9.47 Å². The number of rotatable bonds is 30. The van der Waals surface area contributed by atoms with E-state index in [1.807, 2.05) is 24.3 Å². The van der Waals surface area contributed by atoms with Crippen molar-refractivity contribution in [3.63, 3.8) is 0 Å². The summed E-state index contributed by atoms with van der Waals surface area (Å²) in [7, 11) is 0. The van der Waals surface area contributed by atoms with Gasteiger partial charge in [0.05, 0.1) is 0 Å². The first-order chi connectivity index (χ1) is 23.3. The summed E-state index contributed by atoms with van der Waals surface area (Å²) in [6.45, 7) is 21.0. The molecule has 0 aromatic heterocycles. The lowest BCUT2D eigenvalue weighted by molar-refractivity contribution is -0.136. The summed E-state index contributed by atoms with van der Waals surface area (Å²) in [6, 6.07) is 7.48. The van der Waals surface area contributed by atoms with Gasteiger partial charge in [0.15, 0.2) is 24.7 Å². The maximum absolute atomic E-state index is 13.7. The first-order valence-corrected chi connectivity index (χ1v) is 20.2. The molecule has 4 unspecified atom stereocenters. The van der Waals surface area contributed by atoms with Gasteiger partial charge in [0.25, 0.3) is 11.8 Å². The largest absolute Gasteiger partial charge is 0.480 e. The quantitative estimate of drug-likeness (QED) is 0.0816. The molecule has 4 atom stereocenters. The van der Waals surface area contributed by atoms with Gasteiger partial charge in [-0.2, -0.15) is 0 Å². The lowest BCUT2D eigenvalue weighted by atomic mass is 9.95. The molecular formula is C42H76N2O4. The van der Waals surface area contributed by atoms with Gasteiger partial charge in [-0.05, 0) is 61.5 Å². The molecule has 6 nitrogen and oxygen atoms in total. The van der Waals surface area contributed by atoms with Crippen LogP contribution in [0.2, 0.25) is 0 Å². The molecule has 0 radical (unpaired) electrons. The number of para-hydroxylation sites is 2. The Hall–Kier alpha value is -2.24. The maximum Gasteiger partial charge on any atom is 0.260 e. The molecule has 1 aromatic rings. The van der Waals surface area contributed by atoms with E-state index in [-0.39, 0.29) is 25.0 Å². The Kier molecular flexibility index (Phi) is 25.1. The van der Waals surface area contributed by atoms with Crippen molar-refractivity contribution in [2.24, 2.45) is 23.7 Å². The van der Waals surface area contributed by atoms with Gasteiger partial charge in [0, 0.05) is 26.2 Å². The van der Waals surface area contributed by atoms with Crippen LogP contribution in [0.5, 0.6) is 11.5 Å². The van der Waals surface area contributed by atoms with E-state index < -0.39 is 0 Å². The normalized spacial score (nSPS) is 13.8. The number of amides is 2. The van der Waals surface area contributed by atoms with Crippen molar-refractivity contribution in [1.82, 2.24) is 9.80 Å². The van der Waals surface area contributed by atoms with Crippen LogP contribution in [0.25, 0.3) is 0 Å². The van der Waals surface area contributed by atoms with Gasteiger partial charge >= 0.3 is 0 Å². The number of unbranched alkanes of at least 4 members (excludes halogenated alkanes) is 4. The van der Waals surface area contributed by atoms with Crippen molar-refractivity contribution in [1.29, 1.82) is 0 Å². The molecular weight excluding hydrogens is 596 g/mol. The zero-order valence-corrected chi connectivity index (χ0v) is 32.7. The van der Waals surface area contributed by atoms with Crippen LogP contribution in [0.4, 0.5) is 0 Å². The molecule has 278 valence electrons. The second-order valence-corrected chi connectivity index (χ2v) is 14.3. The third-order valence-corrected chi connectivity index (χ3v) is 10.3.